The van der Waals surface area contributed by atoms with Crippen molar-refractivity contribution in [1.29, 1.82) is 0 Å². The zero-order valence-corrected chi connectivity index (χ0v) is 13.8. The van der Waals surface area contributed by atoms with Crippen LogP contribution in [0.4, 0.5) is 0 Å². The van der Waals surface area contributed by atoms with Gasteiger partial charge in [0.15, 0.2) is 17.1 Å². The maximum absolute atomic E-state index is 11.9. The molecule has 1 aromatic rings. The first-order valence-electron chi connectivity index (χ1n) is 7.92. The summed E-state index contributed by atoms with van der Waals surface area (Å²) < 4.78 is 16.4. The van der Waals surface area contributed by atoms with Crippen molar-refractivity contribution < 1.29 is 28.9 Å². The van der Waals surface area contributed by atoms with Crippen LogP contribution in [0.3, 0.4) is 0 Å². The van der Waals surface area contributed by atoms with Crippen LogP contribution in [0.25, 0.3) is 0 Å². The van der Waals surface area contributed by atoms with Gasteiger partial charge in [0.1, 0.15) is 0 Å². The van der Waals surface area contributed by atoms with Crippen molar-refractivity contribution >= 4 is 11.9 Å². The van der Waals surface area contributed by atoms with E-state index in [0.29, 0.717) is 23.6 Å². The number of piperidine rings is 3. The predicted octanol–water partition coefficient (Wildman–Crippen LogP) is 1.25. The molecule has 7 nitrogen and oxygen atoms in total. The molecule has 4 rings (SSSR count). The van der Waals surface area contributed by atoms with E-state index in [1.165, 1.54) is 14.2 Å². The van der Waals surface area contributed by atoms with Gasteiger partial charge in [0.05, 0.1) is 14.2 Å². The van der Waals surface area contributed by atoms with Gasteiger partial charge in [-0.3, -0.25) is 4.90 Å². The van der Waals surface area contributed by atoms with E-state index < -0.39 is 17.5 Å². The summed E-state index contributed by atoms with van der Waals surface area (Å²) >= 11 is 0. The zero-order chi connectivity index (χ0) is 17.3. The molecule has 0 aromatic heterocycles. The monoisotopic (exact) mass is 335 g/mol. The Balaban J connectivity index is 2.12. The number of hydrogen-bond donors (Lipinski definition) is 1. The van der Waals surface area contributed by atoms with Crippen molar-refractivity contribution in [2.45, 2.75) is 18.4 Å². The van der Waals surface area contributed by atoms with E-state index in [2.05, 4.69) is 4.90 Å². The number of benzene rings is 1. The number of nitrogens with zero attached hydrogens (tertiary/aromatic N) is 1. The lowest BCUT2D eigenvalue weighted by atomic mass is 9.71. The summed E-state index contributed by atoms with van der Waals surface area (Å²) in [6.07, 6.45) is 1.68. The number of carboxylic acids is 1. The Morgan fingerprint density at radius 3 is 2.42 bits per heavy atom. The number of carbonyl (C=O) groups excluding carboxylic acids is 1. The van der Waals surface area contributed by atoms with Crippen LogP contribution in [0.5, 0.6) is 11.5 Å². The van der Waals surface area contributed by atoms with Gasteiger partial charge in [-0.05, 0) is 32.0 Å². The standard InChI is InChI=1S/C17H21NO6/c1-22-13-5-3-4-12(14(13)23-2)17(24-16(21)15(19)20)10-18-8-6-11(17)7-9-18/h3-5,11H,6-10H2,1-2H3,(H,19,20). The maximum atomic E-state index is 11.9. The van der Waals surface area contributed by atoms with Crippen molar-refractivity contribution in [2.75, 3.05) is 33.9 Å². The maximum Gasteiger partial charge on any atom is 0.418 e. The van der Waals surface area contributed by atoms with E-state index in [4.69, 9.17) is 19.3 Å². The molecule has 0 radical (unpaired) electrons. The van der Waals surface area contributed by atoms with Crippen molar-refractivity contribution in [3.8, 4) is 11.5 Å². The molecule has 0 saturated carbocycles. The van der Waals surface area contributed by atoms with Crippen LogP contribution < -0.4 is 9.47 Å². The van der Waals surface area contributed by atoms with E-state index in [1.807, 2.05) is 6.07 Å². The van der Waals surface area contributed by atoms with Gasteiger partial charge in [-0.2, -0.15) is 0 Å². The minimum Gasteiger partial charge on any atom is -0.493 e. The number of hydrogen-bond acceptors (Lipinski definition) is 6. The van der Waals surface area contributed by atoms with Gasteiger partial charge < -0.3 is 19.3 Å². The first-order chi connectivity index (χ1) is 11.5. The lowest BCUT2D eigenvalue weighted by Crippen LogP contribution is -2.59. The Morgan fingerprint density at radius 2 is 1.92 bits per heavy atom. The summed E-state index contributed by atoms with van der Waals surface area (Å²) in [6.45, 7) is 2.30. The van der Waals surface area contributed by atoms with E-state index >= 15 is 0 Å². The van der Waals surface area contributed by atoms with Crippen LogP contribution in [-0.2, 0) is 19.9 Å². The summed E-state index contributed by atoms with van der Waals surface area (Å²) in [5.41, 5.74) is -0.375. The minimum atomic E-state index is -1.59. The number of carboxylic acid groups (broad SMARTS) is 1. The third-order valence-electron chi connectivity index (χ3n) is 5.01. The minimum absolute atomic E-state index is 0.0480. The van der Waals surface area contributed by atoms with Crippen LogP contribution >= 0.6 is 0 Å². The van der Waals surface area contributed by atoms with Crippen LogP contribution in [0, 0.1) is 5.92 Å². The Labute approximate surface area is 140 Å². The molecule has 2 bridgehead atoms. The summed E-state index contributed by atoms with van der Waals surface area (Å²) in [7, 11) is 3.06. The van der Waals surface area contributed by atoms with Gasteiger partial charge in [0, 0.05) is 18.0 Å². The molecule has 3 heterocycles. The Kier molecular flexibility index (Phi) is 4.36. The second-order valence-corrected chi connectivity index (χ2v) is 6.18. The predicted molar refractivity (Wildman–Crippen MR) is 84.1 cm³/mol. The number of rotatable bonds is 4. The lowest BCUT2D eigenvalue weighted by Gasteiger charge is -2.52. The van der Waals surface area contributed by atoms with E-state index in [0.717, 1.165) is 25.9 Å². The fraction of sp³-hybridized carbons (Fsp3) is 0.529. The molecule has 0 spiro atoms. The van der Waals surface area contributed by atoms with Crippen molar-refractivity contribution in [2.24, 2.45) is 5.92 Å². The number of fused-ring (bicyclic) bond motifs is 3. The fourth-order valence-electron chi connectivity index (χ4n) is 3.92. The average Bonchev–Trinajstić information content (AvgIpc) is 2.61. The van der Waals surface area contributed by atoms with Crippen LogP contribution in [0.2, 0.25) is 0 Å². The first kappa shape index (κ1) is 16.6. The molecule has 24 heavy (non-hydrogen) atoms. The van der Waals surface area contributed by atoms with Gasteiger partial charge in [0.25, 0.3) is 0 Å². The van der Waals surface area contributed by atoms with Crippen LogP contribution in [0.15, 0.2) is 18.2 Å². The summed E-state index contributed by atoms with van der Waals surface area (Å²) in [6, 6.07) is 5.37. The topological polar surface area (TPSA) is 85.3 Å². The Bertz CT molecular complexity index is 652. The van der Waals surface area contributed by atoms with Crippen molar-refractivity contribution in [3.63, 3.8) is 0 Å². The van der Waals surface area contributed by atoms with Gasteiger partial charge >= 0.3 is 11.9 Å². The summed E-state index contributed by atoms with van der Waals surface area (Å²) in [5, 5.41) is 9.03. The number of methoxy groups -OCH3 is 2. The van der Waals surface area contributed by atoms with E-state index in [-0.39, 0.29) is 5.92 Å². The molecule has 3 saturated heterocycles. The molecule has 1 aromatic carbocycles. The van der Waals surface area contributed by atoms with Crippen LogP contribution in [-0.4, -0.2) is 55.8 Å². The highest BCUT2D eigenvalue weighted by molar-refractivity contribution is 6.28. The molecule has 3 aliphatic rings. The zero-order valence-electron chi connectivity index (χ0n) is 13.8. The molecule has 0 aliphatic carbocycles. The number of para-hydroxylation sites is 1. The molecule has 3 fully saturated rings. The van der Waals surface area contributed by atoms with Crippen LogP contribution in [0.1, 0.15) is 18.4 Å². The second kappa shape index (κ2) is 6.32. The van der Waals surface area contributed by atoms with Gasteiger partial charge in [0.2, 0.25) is 0 Å². The number of ether oxygens (including phenoxy) is 3. The van der Waals surface area contributed by atoms with E-state index in [1.54, 1.807) is 12.1 Å². The largest absolute Gasteiger partial charge is 0.493 e. The Hall–Kier alpha value is -2.28. The number of esters is 1. The quantitative estimate of drug-likeness (QED) is 0.655. The third-order valence-corrected chi connectivity index (χ3v) is 5.01. The lowest BCUT2D eigenvalue weighted by molar-refractivity contribution is -0.194. The molecule has 1 unspecified atom stereocenters. The highest BCUT2D eigenvalue weighted by Crippen LogP contribution is 2.50. The molecule has 130 valence electrons. The SMILES string of the molecule is COc1cccc(C2(OC(=O)C(=O)O)CN3CCC2CC3)c1OC. The van der Waals surface area contributed by atoms with Crippen molar-refractivity contribution in [1.82, 2.24) is 4.90 Å². The molecule has 1 N–H and O–H groups in total. The highest BCUT2D eigenvalue weighted by atomic mass is 16.6. The molecular formula is C17H21NO6. The number of aliphatic carboxylic acids is 1. The summed E-state index contributed by atoms with van der Waals surface area (Å²) in [4.78, 5) is 25.2. The Morgan fingerprint density at radius 1 is 1.21 bits per heavy atom. The second-order valence-electron chi connectivity index (χ2n) is 6.18. The first-order valence-corrected chi connectivity index (χ1v) is 7.92. The van der Waals surface area contributed by atoms with Crippen molar-refractivity contribution in [3.05, 3.63) is 23.8 Å². The fourth-order valence-corrected chi connectivity index (χ4v) is 3.92. The molecular weight excluding hydrogens is 314 g/mol. The van der Waals surface area contributed by atoms with Gasteiger partial charge in [-0.1, -0.05) is 12.1 Å². The van der Waals surface area contributed by atoms with Gasteiger partial charge in [-0.25, -0.2) is 9.59 Å². The smallest absolute Gasteiger partial charge is 0.418 e. The normalized spacial score (nSPS) is 28.2. The number of carbonyl (C=O) groups is 2. The molecule has 3 aliphatic heterocycles. The molecule has 7 heteroatoms. The van der Waals surface area contributed by atoms with E-state index in [9.17, 15) is 9.59 Å². The molecule has 1 atom stereocenters. The average molecular weight is 335 g/mol. The molecule has 0 amide bonds. The van der Waals surface area contributed by atoms with Gasteiger partial charge in [-0.15, -0.1) is 0 Å². The highest BCUT2D eigenvalue weighted by Gasteiger charge is 2.53. The third kappa shape index (κ3) is 2.58. The summed E-state index contributed by atoms with van der Waals surface area (Å²) in [5.74, 6) is -1.78.